The molecule has 0 saturated heterocycles. The summed E-state index contributed by atoms with van der Waals surface area (Å²) in [5, 5.41) is 9.48. The van der Waals surface area contributed by atoms with Gasteiger partial charge in [0.25, 0.3) is 0 Å². The molecule has 1 aromatic rings. The lowest BCUT2D eigenvalue weighted by molar-refractivity contribution is -0.139. The molecule has 3 aliphatic rings. The van der Waals surface area contributed by atoms with Crippen LogP contribution in [-0.2, 0) is 14.3 Å². The number of hydrogen-bond donors (Lipinski definition) is 1. The van der Waals surface area contributed by atoms with Crippen molar-refractivity contribution in [2.45, 2.75) is 89.9 Å². The van der Waals surface area contributed by atoms with Crippen LogP contribution in [0.3, 0.4) is 0 Å². The van der Waals surface area contributed by atoms with Crippen molar-refractivity contribution in [1.29, 1.82) is 0 Å². The van der Waals surface area contributed by atoms with E-state index in [2.05, 4.69) is 12.2 Å². The summed E-state index contributed by atoms with van der Waals surface area (Å²) in [6.07, 6.45) is 17.0. The van der Waals surface area contributed by atoms with E-state index in [1.54, 1.807) is 24.3 Å². The van der Waals surface area contributed by atoms with Crippen molar-refractivity contribution in [3.63, 3.8) is 0 Å². The zero-order valence-corrected chi connectivity index (χ0v) is 23.8. The third kappa shape index (κ3) is 7.81. The first-order valence-electron chi connectivity index (χ1n) is 14.7. The fourth-order valence-electron chi connectivity index (χ4n) is 6.23. The number of unbranched alkanes of at least 4 members (excludes halogenated alkanes) is 6. The van der Waals surface area contributed by atoms with Crippen LogP contribution in [0.1, 0.15) is 111 Å². The minimum Gasteiger partial charge on any atom is -0.481 e. The van der Waals surface area contributed by atoms with Gasteiger partial charge < -0.3 is 9.84 Å². The number of carbonyl (C=O) groups excluding carboxylic acids is 3. The van der Waals surface area contributed by atoms with Crippen LogP contribution in [0.15, 0.2) is 58.9 Å². The van der Waals surface area contributed by atoms with E-state index < -0.39 is 11.9 Å². The molecule has 0 radical (unpaired) electrons. The van der Waals surface area contributed by atoms with Crippen LogP contribution in [0.2, 0.25) is 0 Å². The summed E-state index contributed by atoms with van der Waals surface area (Å²) in [6.45, 7) is 0. The van der Waals surface area contributed by atoms with E-state index in [9.17, 15) is 19.2 Å². The van der Waals surface area contributed by atoms with Gasteiger partial charge in [0.2, 0.25) is 5.78 Å². The molecule has 3 aliphatic carbocycles. The molecule has 4 rings (SSSR count). The van der Waals surface area contributed by atoms with Crippen molar-refractivity contribution in [1.82, 2.24) is 0 Å². The van der Waals surface area contributed by atoms with E-state index in [4.69, 9.17) is 21.4 Å². The number of fused-ring (bicyclic) bond motifs is 1. The molecular weight excluding hydrogens is 528 g/mol. The smallest absolute Gasteiger partial charge is 0.311 e. The number of hydrogen-bond acceptors (Lipinski definition) is 5. The van der Waals surface area contributed by atoms with E-state index in [0.29, 0.717) is 41.4 Å². The number of ketones is 2. The first-order valence-corrected chi connectivity index (χ1v) is 15.1. The summed E-state index contributed by atoms with van der Waals surface area (Å²) >= 11 is 6.09. The largest absolute Gasteiger partial charge is 0.481 e. The maximum Gasteiger partial charge on any atom is 0.311 e. The summed E-state index contributed by atoms with van der Waals surface area (Å²) < 4.78 is 5.71. The third-order valence-electron chi connectivity index (χ3n) is 8.47. The van der Waals surface area contributed by atoms with Crippen LogP contribution < -0.4 is 0 Å². The lowest BCUT2D eigenvalue weighted by Gasteiger charge is -2.35. The van der Waals surface area contributed by atoms with Crippen LogP contribution in [-0.4, -0.2) is 28.6 Å². The quantitative estimate of drug-likeness (QED) is 0.192. The standard InChI is InChI=1S/C33H39ClO6/c34-25-20-18-23(19-21-25)22-14-16-24(17-15-22)30-31(38)26-10-8-9-11-27(26)32(39)33(30)40-29(37)13-7-5-3-1-2-4-6-12-28(35)36/h8-11,18,20-24H,1-7,12-17,19H2,(H,35,36). The zero-order chi connectivity index (χ0) is 28.5. The second-order valence-electron chi connectivity index (χ2n) is 11.2. The van der Waals surface area contributed by atoms with Crippen molar-refractivity contribution in [3.8, 4) is 0 Å². The van der Waals surface area contributed by atoms with Crippen LogP contribution in [0.25, 0.3) is 0 Å². The average Bonchev–Trinajstić information content (AvgIpc) is 2.95. The van der Waals surface area contributed by atoms with E-state index in [-0.39, 0.29) is 36.1 Å². The number of benzene rings is 1. The third-order valence-corrected chi connectivity index (χ3v) is 8.75. The van der Waals surface area contributed by atoms with Crippen molar-refractivity contribution in [2.24, 2.45) is 17.8 Å². The van der Waals surface area contributed by atoms with Gasteiger partial charge in [0, 0.05) is 29.0 Å². The Labute approximate surface area is 241 Å². The highest BCUT2D eigenvalue weighted by atomic mass is 35.5. The number of carboxylic acid groups (broad SMARTS) is 1. The zero-order valence-electron chi connectivity index (χ0n) is 23.0. The van der Waals surface area contributed by atoms with E-state index in [0.717, 1.165) is 69.2 Å². The average molecular weight is 567 g/mol. The van der Waals surface area contributed by atoms with Crippen molar-refractivity contribution >= 4 is 35.1 Å². The molecule has 1 aromatic carbocycles. The lowest BCUT2D eigenvalue weighted by Crippen LogP contribution is -2.31. The van der Waals surface area contributed by atoms with E-state index in [1.807, 2.05) is 6.08 Å². The van der Waals surface area contributed by atoms with Crippen LogP contribution in [0, 0.1) is 17.8 Å². The number of Topliss-reactive ketones (excluding diaryl/α,β-unsaturated/α-hetero) is 2. The maximum atomic E-state index is 13.6. The van der Waals surface area contributed by atoms with Crippen LogP contribution in [0.5, 0.6) is 0 Å². The van der Waals surface area contributed by atoms with E-state index >= 15 is 0 Å². The van der Waals surface area contributed by atoms with Gasteiger partial charge in [-0.1, -0.05) is 80.1 Å². The number of halogens is 1. The molecular formula is C33H39ClO6. The molecule has 1 fully saturated rings. The molecule has 1 atom stereocenters. The molecule has 1 unspecified atom stereocenters. The normalized spacial score (nSPS) is 22.6. The first kappa shape index (κ1) is 30.0. The Kier molecular flexibility index (Phi) is 10.9. The Balaban J connectivity index is 1.35. The van der Waals surface area contributed by atoms with Gasteiger partial charge >= 0.3 is 11.9 Å². The Bertz CT molecular complexity index is 1200. The molecule has 0 amide bonds. The number of carboxylic acids is 1. The highest BCUT2D eigenvalue weighted by Gasteiger charge is 2.40. The molecule has 0 aromatic heterocycles. The highest BCUT2D eigenvalue weighted by molar-refractivity contribution is 6.31. The van der Waals surface area contributed by atoms with Gasteiger partial charge in [-0.15, -0.1) is 0 Å². The molecule has 0 aliphatic heterocycles. The summed E-state index contributed by atoms with van der Waals surface area (Å²) in [4.78, 5) is 50.5. The van der Waals surface area contributed by atoms with Crippen molar-refractivity contribution < 1.29 is 29.0 Å². The molecule has 6 nitrogen and oxygen atoms in total. The minimum absolute atomic E-state index is 0.0668. The van der Waals surface area contributed by atoms with Gasteiger partial charge in [0.05, 0.1) is 5.57 Å². The topological polar surface area (TPSA) is 97.7 Å². The van der Waals surface area contributed by atoms with Gasteiger partial charge in [-0.25, -0.2) is 0 Å². The minimum atomic E-state index is -0.758. The molecule has 7 heteroatoms. The molecule has 40 heavy (non-hydrogen) atoms. The predicted molar refractivity (Wildman–Crippen MR) is 154 cm³/mol. The van der Waals surface area contributed by atoms with Crippen LogP contribution in [0.4, 0.5) is 0 Å². The van der Waals surface area contributed by atoms with Gasteiger partial charge in [-0.3, -0.25) is 19.2 Å². The summed E-state index contributed by atoms with van der Waals surface area (Å²) in [7, 11) is 0. The van der Waals surface area contributed by atoms with Crippen molar-refractivity contribution in [3.05, 3.63) is 70.0 Å². The fraction of sp³-hybridized carbons (Fsp3) is 0.515. The molecule has 1 saturated carbocycles. The van der Waals surface area contributed by atoms with Crippen LogP contribution >= 0.6 is 11.6 Å². The SMILES string of the molecule is O=C(O)CCCCCCCCCC(=O)OC1=C(C2CCC(C3C=CC(Cl)=CC3)CC2)C(=O)c2ccccc2C1=O. The second kappa shape index (κ2) is 14.6. The number of esters is 1. The molecule has 1 N–H and O–H groups in total. The fourth-order valence-corrected chi connectivity index (χ4v) is 6.40. The Morgan fingerprint density at radius 2 is 1.45 bits per heavy atom. The number of ether oxygens (including phenoxy) is 1. The van der Waals surface area contributed by atoms with E-state index in [1.165, 1.54) is 0 Å². The van der Waals surface area contributed by atoms with Crippen molar-refractivity contribution in [2.75, 3.05) is 0 Å². The Morgan fingerprint density at radius 1 is 0.850 bits per heavy atom. The molecule has 0 bridgehead atoms. The molecule has 0 heterocycles. The number of rotatable bonds is 13. The Morgan fingerprint density at radius 3 is 2.05 bits per heavy atom. The summed E-state index contributed by atoms with van der Waals surface area (Å²) in [5.41, 5.74) is 1.06. The predicted octanol–water partition coefficient (Wildman–Crippen LogP) is 7.96. The lowest BCUT2D eigenvalue weighted by atomic mass is 9.70. The number of allylic oxidation sites excluding steroid dienone is 6. The summed E-state index contributed by atoms with van der Waals surface area (Å²) in [6, 6.07) is 6.79. The Hall–Kier alpha value is -2.99. The summed E-state index contributed by atoms with van der Waals surface area (Å²) in [5.74, 6) is -1.05. The second-order valence-corrected chi connectivity index (χ2v) is 11.7. The number of carbonyl (C=O) groups is 4. The van der Waals surface area contributed by atoms with Gasteiger partial charge in [0.1, 0.15) is 0 Å². The maximum absolute atomic E-state index is 13.6. The van der Waals surface area contributed by atoms with Gasteiger partial charge in [0.15, 0.2) is 11.5 Å². The number of aliphatic carboxylic acids is 1. The monoisotopic (exact) mass is 566 g/mol. The van der Waals surface area contributed by atoms with Gasteiger partial charge in [-0.2, -0.15) is 0 Å². The molecule has 214 valence electrons. The highest BCUT2D eigenvalue weighted by Crippen LogP contribution is 2.43. The van der Waals surface area contributed by atoms with Gasteiger partial charge in [-0.05, 0) is 68.8 Å². The first-order chi connectivity index (χ1) is 19.3. The molecule has 0 spiro atoms.